The van der Waals surface area contributed by atoms with E-state index >= 15 is 0 Å². The molecule has 0 aliphatic carbocycles. The van der Waals surface area contributed by atoms with Gasteiger partial charge in [-0.05, 0) is 37.1 Å². The zero-order valence-electron chi connectivity index (χ0n) is 9.39. The highest BCUT2D eigenvalue weighted by Crippen LogP contribution is 2.21. The van der Waals surface area contributed by atoms with Crippen molar-refractivity contribution in [2.24, 2.45) is 0 Å². The molecule has 0 atom stereocenters. The number of carbonyl (C=O) groups is 1. The number of amides is 1. The zero-order chi connectivity index (χ0) is 12.1. The molecule has 1 aromatic carbocycles. The van der Waals surface area contributed by atoms with E-state index in [1.54, 1.807) is 0 Å². The minimum Gasteiger partial charge on any atom is -0.272 e. The summed E-state index contributed by atoms with van der Waals surface area (Å²) in [6.07, 6.45) is 2.08. The van der Waals surface area contributed by atoms with Crippen LogP contribution in [0.25, 0.3) is 0 Å². The summed E-state index contributed by atoms with van der Waals surface area (Å²) < 4.78 is 1.05. The predicted octanol–water partition coefficient (Wildman–Crippen LogP) is 3.10. The minimum atomic E-state index is 0.0534. The van der Waals surface area contributed by atoms with Crippen molar-refractivity contribution < 1.29 is 9.63 Å². The lowest BCUT2D eigenvalue weighted by atomic mass is 10.3. The van der Waals surface area contributed by atoms with Gasteiger partial charge in [0.15, 0.2) is 0 Å². The molecule has 92 valence electrons. The molecule has 17 heavy (non-hydrogen) atoms. The van der Waals surface area contributed by atoms with E-state index in [0.717, 1.165) is 28.8 Å². The highest BCUT2D eigenvalue weighted by atomic mass is 79.9. The quantitative estimate of drug-likeness (QED) is 0.803. The molecule has 0 aromatic heterocycles. The first-order valence-electron chi connectivity index (χ1n) is 5.57. The zero-order valence-corrected chi connectivity index (χ0v) is 11.8. The minimum absolute atomic E-state index is 0.0534. The molecule has 1 aliphatic rings. The number of benzene rings is 1. The summed E-state index contributed by atoms with van der Waals surface area (Å²) in [6, 6.07) is 7.95. The van der Waals surface area contributed by atoms with Crippen LogP contribution in [0.3, 0.4) is 0 Å². The molecule has 3 nitrogen and oxygen atoms in total. The number of hydrogen-bond donors (Lipinski definition) is 0. The first-order chi connectivity index (χ1) is 8.25. The standard InChI is InChI=1S/C12H14BrNO2S/c13-10-3-5-11(6-4-10)17-9-12(15)14-7-1-2-8-16-14/h3-6H,1-2,7-9H2. The van der Waals surface area contributed by atoms with Crippen LogP contribution in [0.5, 0.6) is 0 Å². The van der Waals surface area contributed by atoms with E-state index in [0.29, 0.717) is 12.4 Å². The van der Waals surface area contributed by atoms with E-state index in [-0.39, 0.29) is 5.91 Å². The van der Waals surface area contributed by atoms with Gasteiger partial charge in [-0.15, -0.1) is 11.8 Å². The Kier molecular flexibility index (Phi) is 4.88. The maximum atomic E-state index is 11.8. The van der Waals surface area contributed by atoms with E-state index in [4.69, 9.17) is 4.84 Å². The fourth-order valence-electron chi connectivity index (χ4n) is 1.54. The number of halogens is 1. The lowest BCUT2D eigenvalue weighted by Crippen LogP contribution is -2.36. The molecular weight excluding hydrogens is 302 g/mol. The molecule has 0 spiro atoms. The van der Waals surface area contributed by atoms with Crippen LogP contribution in [0.1, 0.15) is 12.8 Å². The fourth-order valence-corrected chi connectivity index (χ4v) is 2.57. The van der Waals surface area contributed by atoms with Crippen molar-refractivity contribution in [3.63, 3.8) is 0 Å². The van der Waals surface area contributed by atoms with Gasteiger partial charge in [0.25, 0.3) is 5.91 Å². The Bertz CT molecular complexity index is 377. The lowest BCUT2D eigenvalue weighted by Gasteiger charge is -2.25. The Balaban J connectivity index is 1.81. The topological polar surface area (TPSA) is 29.5 Å². The molecule has 1 saturated heterocycles. The van der Waals surface area contributed by atoms with Crippen LogP contribution in [0.4, 0.5) is 0 Å². The maximum Gasteiger partial charge on any atom is 0.256 e. The number of hydroxylamine groups is 2. The van der Waals surface area contributed by atoms with Gasteiger partial charge in [-0.3, -0.25) is 9.63 Å². The van der Waals surface area contributed by atoms with Crippen LogP contribution in [0.15, 0.2) is 33.6 Å². The largest absolute Gasteiger partial charge is 0.272 e. The van der Waals surface area contributed by atoms with Crippen molar-refractivity contribution in [2.75, 3.05) is 18.9 Å². The normalized spacial score (nSPS) is 15.9. The van der Waals surface area contributed by atoms with E-state index in [2.05, 4.69) is 15.9 Å². The Hall–Kier alpha value is -0.520. The molecule has 1 heterocycles. The Labute approximate surface area is 114 Å². The second kappa shape index (κ2) is 6.42. The van der Waals surface area contributed by atoms with Crippen LogP contribution < -0.4 is 0 Å². The van der Waals surface area contributed by atoms with Crippen molar-refractivity contribution in [2.45, 2.75) is 17.7 Å². The van der Waals surface area contributed by atoms with Crippen LogP contribution in [-0.4, -0.2) is 29.9 Å². The molecule has 5 heteroatoms. The molecular formula is C12H14BrNO2S. The van der Waals surface area contributed by atoms with Gasteiger partial charge in [0, 0.05) is 15.9 Å². The van der Waals surface area contributed by atoms with Gasteiger partial charge < -0.3 is 0 Å². The van der Waals surface area contributed by atoms with Crippen molar-refractivity contribution in [3.8, 4) is 0 Å². The van der Waals surface area contributed by atoms with E-state index in [1.165, 1.54) is 16.8 Å². The fraction of sp³-hybridized carbons (Fsp3) is 0.417. The van der Waals surface area contributed by atoms with E-state index in [1.807, 2.05) is 24.3 Å². The summed E-state index contributed by atoms with van der Waals surface area (Å²) in [5.41, 5.74) is 0. The third-order valence-corrected chi connectivity index (χ3v) is 3.98. The Morgan fingerprint density at radius 2 is 2.12 bits per heavy atom. The molecule has 0 saturated carbocycles. The molecule has 1 aliphatic heterocycles. The molecule has 1 amide bonds. The SMILES string of the molecule is O=C(CSc1ccc(Br)cc1)N1CCCCO1. The number of carbonyl (C=O) groups excluding carboxylic acids is 1. The van der Waals surface area contributed by atoms with Gasteiger partial charge in [0.1, 0.15) is 0 Å². The maximum absolute atomic E-state index is 11.8. The summed E-state index contributed by atoms with van der Waals surface area (Å²) >= 11 is 4.92. The molecule has 1 fully saturated rings. The van der Waals surface area contributed by atoms with Crippen LogP contribution in [-0.2, 0) is 9.63 Å². The highest BCUT2D eigenvalue weighted by molar-refractivity contribution is 9.10. The molecule has 0 bridgehead atoms. The van der Waals surface area contributed by atoms with Crippen LogP contribution in [0, 0.1) is 0 Å². The lowest BCUT2D eigenvalue weighted by molar-refractivity contribution is -0.194. The van der Waals surface area contributed by atoms with Crippen molar-refractivity contribution in [1.29, 1.82) is 0 Å². The summed E-state index contributed by atoms with van der Waals surface area (Å²) in [4.78, 5) is 18.2. The Morgan fingerprint density at radius 3 is 2.76 bits per heavy atom. The third-order valence-electron chi connectivity index (χ3n) is 2.46. The first-order valence-corrected chi connectivity index (χ1v) is 7.35. The average Bonchev–Trinajstić information content (AvgIpc) is 2.39. The highest BCUT2D eigenvalue weighted by Gasteiger charge is 2.17. The average molecular weight is 316 g/mol. The molecule has 0 unspecified atom stereocenters. The van der Waals surface area contributed by atoms with Crippen molar-refractivity contribution in [3.05, 3.63) is 28.7 Å². The third kappa shape index (κ3) is 4.01. The van der Waals surface area contributed by atoms with Gasteiger partial charge in [-0.1, -0.05) is 15.9 Å². The predicted molar refractivity (Wildman–Crippen MR) is 71.8 cm³/mol. The molecule has 2 rings (SSSR count). The molecule has 0 N–H and O–H groups in total. The van der Waals surface area contributed by atoms with Crippen LogP contribution >= 0.6 is 27.7 Å². The smallest absolute Gasteiger partial charge is 0.256 e. The molecule has 1 aromatic rings. The summed E-state index contributed by atoms with van der Waals surface area (Å²) in [5, 5.41) is 1.50. The van der Waals surface area contributed by atoms with Gasteiger partial charge >= 0.3 is 0 Å². The second-order valence-electron chi connectivity index (χ2n) is 3.78. The van der Waals surface area contributed by atoms with Crippen LogP contribution in [0.2, 0.25) is 0 Å². The Morgan fingerprint density at radius 1 is 1.35 bits per heavy atom. The first kappa shape index (κ1) is 12.9. The number of thioether (sulfide) groups is 1. The van der Waals surface area contributed by atoms with Crippen molar-refractivity contribution in [1.82, 2.24) is 5.06 Å². The number of rotatable bonds is 3. The van der Waals surface area contributed by atoms with Gasteiger partial charge in [-0.25, -0.2) is 5.06 Å². The molecule has 0 radical (unpaired) electrons. The van der Waals surface area contributed by atoms with E-state index < -0.39 is 0 Å². The van der Waals surface area contributed by atoms with Gasteiger partial charge in [0.2, 0.25) is 0 Å². The summed E-state index contributed by atoms with van der Waals surface area (Å²) in [6.45, 7) is 1.38. The van der Waals surface area contributed by atoms with Crippen molar-refractivity contribution >= 4 is 33.6 Å². The number of hydrogen-bond acceptors (Lipinski definition) is 3. The monoisotopic (exact) mass is 315 g/mol. The van der Waals surface area contributed by atoms with Gasteiger partial charge in [0.05, 0.1) is 12.4 Å². The number of nitrogens with zero attached hydrogens (tertiary/aromatic N) is 1. The van der Waals surface area contributed by atoms with E-state index in [9.17, 15) is 4.79 Å². The summed E-state index contributed by atoms with van der Waals surface area (Å²) in [7, 11) is 0. The second-order valence-corrected chi connectivity index (χ2v) is 5.74. The van der Waals surface area contributed by atoms with Gasteiger partial charge in [-0.2, -0.15) is 0 Å². The summed E-state index contributed by atoms with van der Waals surface area (Å²) in [5.74, 6) is 0.486.